The van der Waals surface area contributed by atoms with Gasteiger partial charge in [-0.1, -0.05) is 0 Å². The van der Waals surface area contributed by atoms with Crippen LogP contribution in [0, 0.1) is 0 Å². The van der Waals surface area contributed by atoms with E-state index in [1.165, 1.54) is 0 Å². The van der Waals surface area contributed by atoms with Crippen LogP contribution in [0.1, 0.15) is 12.8 Å². The van der Waals surface area contributed by atoms with Crippen molar-refractivity contribution in [1.29, 1.82) is 0 Å². The molecular formula is C7H6F6. The Morgan fingerprint density at radius 1 is 1.23 bits per heavy atom. The minimum Gasteiger partial charge on any atom is -0.247 e. The maximum absolute atomic E-state index is 12.9. The van der Waals surface area contributed by atoms with E-state index in [0.29, 0.717) is 0 Å². The van der Waals surface area contributed by atoms with Gasteiger partial charge in [-0.25, -0.2) is 8.78 Å². The molecule has 76 valence electrons. The quantitative estimate of drug-likeness (QED) is 0.575. The van der Waals surface area contributed by atoms with Crippen molar-refractivity contribution in [1.82, 2.24) is 0 Å². The van der Waals surface area contributed by atoms with Crippen molar-refractivity contribution in [2.45, 2.75) is 24.4 Å². The Kier molecular flexibility index (Phi) is 2.34. The van der Waals surface area contributed by atoms with E-state index in [0.717, 1.165) is 0 Å². The zero-order chi connectivity index (χ0) is 10.3. The first-order valence-corrected chi connectivity index (χ1v) is 3.52. The van der Waals surface area contributed by atoms with Gasteiger partial charge in [-0.3, -0.25) is 0 Å². The van der Waals surface area contributed by atoms with Crippen LogP contribution in [0.5, 0.6) is 0 Å². The van der Waals surface area contributed by atoms with Crippen molar-refractivity contribution in [2.24, 2.45) is 0 Å². The van der Waals surface area contributed by atoms with E-state index >= 15 is 0 Å². The molecular weight excluding hydrogens is 198 g/mol. The Morgan fingerprint density at radius 3 is 2.00 bits per heavy atom. The lowest BCUT2D eigenvalue weighted by atomic mass is 10.0. The fraction of sp³-hybridized carbons (Fsp3) is 0.714. The molecule has 1 fully saturated rings. The Morgan fingerprint density at radius 2 is 1.77 bits per heavy atom. The first-order valence-electron chi connectivity index (χ1n) is 3.52. The van der Waals surface area contributed by atoms with Gasteiger partial charge in [0.25, 0.3) is 6.08 Å². The predicted molar refractivity (Wildman–Crippen MR) is 33.2 cm³/mol. The van der Waals surface area contributed by atoms with Gasteiger partial charge in [0.05, 0.1) is 5.57 Å². The maximum Gasteiger partial charge on any atom is 0.310 e. The molecule has 0 heterocycles. The van der Waals surface area contributed by atoms with Crippen LogP contribution in [0.25, 0.3) is 0 Å². The molecule has 0 N–H and O–H groups in total. The average molecular weight is 204 g/mol. The lowest BCUT2D eigenvalue weighted by Gasteiger charge is -2.23. The van der Waals surface area contributed by atoms with Crippen LogP contribution in [0.2, 0.25) is 0 Å². The van der Waals surface area contributed by atoms with Crippen LogP contribution in [-0.4, -0.2) is 18.3 Å². The normalized spacial score (nSPS) is 32.3. The SMILES string of the molecule is FCC1(F)CCC(=C(F)F)C1(F)F. The molecule has 0 bridgehead atoms. The highest BCUT2D eigenvalue weighted by Crippen LogP contribution is 2.51. The van der Waals surface area contributed by atoms with Crippen molar-refractivity contribution in [2.75, 3.05) is 6.67 Å². The Labute approximate surface area is 70.2 Å². The van der Waals surface area contributed by atoms with Gasteiger partial charge in [0.2, 0.25) is 5.67 Å². The molecule has 6 heteroatoms. The largest absolute Gasteiger partial charge is 0.310 e. The summed E-state index contributed by atoms with van der Waals surface area (Å²) in [7, 11) is 0. The molecule has 1 unspecified atom stereocenters. The molecule has 0 nitrogen and oxygen atoms in total. The molecule has 0 aliphatic heterocycles. The summed E-state index contributed by atoms with van der Waals surface area (Å²) in [4.78, 5) is 0. The summed E-state index contributed by atoms with van der Waals surface area (Å²) in [6.07, 6.45) is -4.31. The third-order valence-corrected chi connectivity index (χ3v) is 2.15. The second kappa shape index (κ2) is 2.92. The topological polar surface area (TPSA) is 0 Å². The number of allylic oxidation sites excluding steroid dienone is 1. The summed E-state index contributed by atoms with van der Waals surface area (Å²) >= 11 is 0. The molecule has 0 spiro atoms. The molecule has 1 atom stereocenters. The van der Waals surface area contributed by atoms with Crippen LogP contribution < -0.4 is 0 Å². The molecule has 0 aromatic heterocycles. The smallest absolute Gasteiger partial charge is 0.247 e. The van der Waals surface area contributed by atoms with E-state index in [2.05, 4.69) is 0 Å². The third kappa shape index (κ3) is 1.32. The van der Waals surface area contributed by atoms with E-state index < -0.39 is 42.8 Å². The van der Waals surface area contributed by atoms with Crippen LogP contribution in [0.4, 0.5) is 26.3 Å². The monoisotopic (exact) mass is 204 g/mol. The van der Waals surface area contributed by atoms with Crippen molar-refractivity contribution in [3.63, 3.8) is 0 Å². The molecule has 1 aliphatic rings. The minimum absolute atomic E-state index is 0.796. The maximum atomic E-state index is 12.9. The van der Waals surface area contributed by atoms with Crippen LogP contribution >= 0.6 is 0 Å². The van der Waals surface area contributed by atoms with Gasteiger partial charge < -0.3 is 0 Å². The zero-order valence-corrected chi connectivity index (χ0v) is 6.39. The summed E-state index contributed by atoms with van der Waals surface area (Å²) in [5.74, 6) is -4.37. The van der Waals surface area contributed by atoms with E-state index in [1.54, 1.807) is 0 Å². The van der Waals surface area contributed by atoms with E-state index in [1.807, 2.05) is 0 Å². The molecule has 1 rings (SSSR count). The summed E-state index contributed by atoms with van der Waals surface area (Å²) < 4.78 is 74.0. The van der Waals surface area contributed by atoms with Crippen molar-refractivity contribution >= 4 is 0 Å². The highest BCUT2D eigenvalue weighted by Gasteiger charge is 2.63. The van der Waals surface area contributed by atoms with Gasteiger partial charge in [-0.2, -0.15) is 17.6 Å². The molecule has 0 aromatic carbocycles. The van der Waals surface area contributed by atoms with Gasteiger partial charge in [0.15, 0.2) is 0 Å². The van der Waals surface area contributed by atoms with Gasteiger partial charge in [-0.15, -0.1) is 0 Å². The second-order valence-electron chi connectivity index (χ2n) is 2.91. The first kappa shape index (κ1) is 10.4. The highest BCUT2D eigenvalue weighted by molar-refractivity contribution is 5.26. The Balaban J connectivity index is 3.10. The molecule has 0 radical (unpaired) electrons. The number of halogens is 6. The van der Waals surface area contributed by atoms with Crippen molar-refractivity contribution in [3.05, 3.63) is 11.7 Å². The second-order valence-corrected chi connectivity index (χ2v) is 2.91. The standard InChI is InChI=1S/C7H6F6/c8-3-6(11)2-1-4(5(9)10)7(6,12)13/h1-3H2. The molecule has 0 aromatic rings. The third-order valence-electron chi connectivity index (χ3n) is 2.15. The van der Waals surface area contributed by atoms with Gasteiger partial charge in [0, 0.05) is 0 Å². The average Bonchev–Trinajstić information content (AvgIpc) is 2.24. The predicted octanol–water partition coefficient (Wildman–Crippen LogP) is 3.24. The van der Waals surface area contributed by atoms with Gasteiger partial charge in [0.1, 0.15) is 6.67 Å². The van der Waals surface area contributed by atoms with E-state index in [-0.39, 0.29) is 0 Å². The molecule has 1 aliphatic carbocycles. The van der Waals surface area contributed by atoms with Gasteiger partial charge in [-0.05, 0) is 12.8 Å². The first-order chi connectivity index (χ1) is 5.85. The lowest BCUT2D eigenvalue weighted by Crippen LogP contribution is -2.42. The molecule has 13 heavy (non-hydrogen) atoms. The summed E-state index contributed by atoms with van der Waals surface area (Å²) in [5.41, 5.74) is -5.03. The number of hydrogen-bond donors (Lipinski definition) is 0. The summed E-state index contributed by atoms with van der Waals surface area (Å²) in [5, 5.41) is 0. The lowest BCUT2D eigenvalue weighted by molar-refractivity contribution is -0.102. The zero-order valence-electron chi connectivity index (χ0n) is 6.39. The molecule has 0 saturated heterocycles. The Bertz CT molecular complexity index is 241. The number of alkyl halides is 4. The van der Waals surface area contributed by atoms with Crippen molar-refractivity contribution < 1.29 is 26.3 Å². The number of rotatable bonds is 1. The fourth-order valence-corrected chi connectivity index (χ4v) is 1.27. The van der Waals surface area contributed by atoms with Crippen molar-refractivity contribution in [3.8, 4) is 0 Å². The van der Waals surface area contributed by atoms with Crippen LogP contribution in [0.15, 0.2) is 11.7 Å². The summed E-state index contributed by atoms with van der Waals surface area (Å²) in [6, 6.07) is 0. The van der Waals surface area contributed by atoms with Crippen LogP contribution in [-0.2, 0) is 0 Å². The van der Waals surface area contributed by atoms with Crippen LogP contribution in [0.3, 0.4) is 0 Å². The van der Waals surface area contributed by atoms with Gasteiger partial charge >= 0.3 is 5.92 Å². The number of hydrogen-bond acceptors (Lipinski definition) is 0. The Hall–Kier alpha value is -0.680. The minimum atomic E-state index is -4.37. The highest BCUT2D eigenvalue weighted by atomic mass is 19.3. The van der Waals surface area contributed by atoms with E-state index in [9.17, 15) is 26.3 Å². The van der Waals surface area contributed by atoms with E-state index in [4.69, 9.17) is 0 Å². The summed E-state index contributed by atoms with van der Waals surface area (Å²) in [6.45, 7) is -1.95. The fourth-order valence-electron chi connectivity index (χ4n) is 1.27. The molecule has 1 saturated carbocycles. The molecule has 0 amide bonds.